The van der Waals surface area contributed by atoms with E-state index >= 15 is 0 Å². The van der Waals surface area contributed by atoms with Crippen LogP contribution in [0.4, 0.5) is 4.79 Å². The Kier molecular flexibility index (Phi) is 10.1. The maximum atomic E-state index is 11.6. The van der Waals surface area contributed by atoms with Gasteiger partial charge in [0.05, 0.1) is 13.2 Å². The van der Waals surface area contributed by atoms with E-state index in [1.165, 1.54) is 0 Å². The third-order valence-corrected chi connectivity index (χ3v) is 14.6. The van der Waals surface area contributed by atoms with Gasteiger partial charge in [-0.05, 0) is 36.3 Å². The van der Waals surface area contributed by atoms with E-state index in [4.69, 9.17) is 18.3 Å². The maximum Gasteiger partial charge on any atom is 0.508 e. The van der Waals surface area contributed by atoms with Crippen molar-refractivity contribution >= 4 is 22.8 Å². The van der Waals surface area contributed by atoms with E-state index < -0.39 is 22.8 Å². The van der Waals surface area contributed by atoms with Crippen molar-refractivity contribution in [2.24, 2.45) is 0 Å². The van der Waals surface area contributed by atoms with Gasteiger partial charge in [-0.25, -0.2) is 4.79 Å². The Bertz CT molecular complexity index is 385. The predicted molar refractivity (Wildman–Crippen MR) is 113 cm³/mol. The zero-order valence-corrected chi connectivity index (χ0v) is 20.8. The van der Waals surface area contributed by atoms with Gasteiger partial charge in [0.1, 0.15) is 0 Å². The van der Waals surface area contributed by atoms with Crippen LogP contribution in [0.3, 0.4) is 0 Å². The van der Waals surface area contributed by atoms with E-state index in [1.807, 2.05) is 0 Å². The van der Waals surface area contributed by atoms with Crippen molar-refractivity contribution < 1.29 is 23.1 Å². The second-order valence-corrected chi connectivity index (χ2v) is 19.5. The van der Waals surface area contributed by atoms with E-state index in [0.717, 1.165) is 0 Å². The van der Waals surface area contributed by atoms with Crippen molar-refractivity contribution in [1.29, 1.82) is 0 Å². The molecule has 0 spiro atoms. The Morgan fingerprint density at radius 1 is 0.654 bits per heavy atom. The summed E-state index contributed by atoms with van der Waals surface area (Å²) in [5.41, 5.74) is 0. The Morgan fingerprint density at radius 3 is 1.23 bits per heavy atom. The molecule has 0 radical (unpaired) electrons. The van der Waals surface area contributed by atoms with Gasteiger partial charge in [0.2, 0.25) is 0 Å². The molecular weight excluding hydrogens is 364 g/mol. The van der Waals surface area contributed by atoms with Crippen LogP contribution in [0.1, 0.15) is 54.4 Å². The highest BCUT2D eigenvalue weighted by atomic mass is 28.4. The summed E-state index contributed by atoms with van der Waals surface area (Å²) in [7, 11) is -3.45. The number of ether oxygens (including phenoxy) is 2. The molecule has 0 bridgehead atoms. The molecule has 7 heteroatoms. The lowest BCUT2D eigenvalue weighted by molar-refractivity contribution is 0.0482. The van der Waals surface area contributed by atoms with Gasteiger partial charge < -0.3 is 18.3 Å². The van der Waals surface area contributed by atoms with E-state index in [2.05, 4.69) is 67.7 Å². The lowest BCUT2D eigenvalue weighted by Gasteiger charge is -2.36. The van der Waals surface area contributed by atoms with Crippen molar-refractivity contribution in [3.8, 4) is 0 Å². The van der Waals surface area contributed by atoms with Crippen LogP contribution in [-0.4, -0.2) is 49.2 Å². The summed E-state index contributed by atoms with van der Waals surface area (Å²) in [4.78, 5) is 11.6. The molecule has 0 saturated carbocycles. The average Bonchev–Trinajstić information content (AvgIpc) is 2.43. The summed E-state index contributed by atoms with van der Waals surface area (Å²) >= 11 is 0. The summed E-state index contributed by atoms with van der Waals surface area (Å²) < 4.78 is 22.3. The van der Waals surface area contributed by atoms with Crippen LogP contribution in [0.15, 0.2) is 0 Å². The molecule has 0 aliphatic carbocycles. The van der Waals surface area contributed by atoms with Crippen LogP contribution < -0.4 is 0 Å². The SMILES string of the molecule is CC(C)(C)[Si](C)(C)OCCCOC(=O)OCCCO[Si](C)(C)C(C)(C)C. The molecule has 0 heterocycles. The van der Waals surface area contributed by atoms with Crippen molar-refractivity contribution in [3.63, 3.8) is 0 Å². The minimum Gasteiger partial charge on any atom is -0.434 e. The molecule has 0 unspecified atom stereocenters. The molecule has 156 valence electrons. The Labute approximate surface area is 163 Å². The maximum absolute atomic E-state index is 11.6. The lowest BCUT2D eigenvalue weighted by atomic mass is 10.2. The molecule has 0 aliphatic rings. The van der Waals surface area contributed by atoms with E-state index in [-0.39, 0.29) is 10.1 Å². The predicted octanol–water partition coefficient (Wildman–Crippen LogP) is 5.96. The molecule has 0 saturated heterocycles. The number of rotatable bonds is 10. The molecule has 0 rings (SSSR count). The Balaban J connectivity index is 3.77. The van der Waals surface area contributed by atoms with Gasteiger partial charge in [0.25, 0.3) is 0 Å². The van der Waals surface area contributed by atoms with Gasteiger partial charge in [-0.3, -0.25) is 0 Å². The molecule has 0 aromatic carbocycles. The largest absolute Gasteiger partial charge is 0.508 e. The third kappa shape index (κ3) is 9.53. The van der Waals surface area contributed by atoms with E-state index in [9.17, 15) is 4.79 Å². The van der Waals surface area contributed by atoms with Crippen LogP contribution in [-0.2, 0) is 18.3 Å². The fraction of sp³-hybridized carbons (Fsp3) is 0.947. The minimum absolute atomic E-state index is 0.194. The normalized spacial score (nSPS) is 13.6. The van der Waals surface area contributed by atoms with Crippen molar-refractivity contribution in [1.82, 2.24) is 0 Å². The third-order valence-electron chi connectivity index (χ3n) is 5.56. The molecular formula is C19H42O5Si2. The van der Waals surface area contributed by atoms with Gasteiger partial charge >= 0.3 is 6.16 Å². The summed E-state index contributed by atoms with van der Waals surface area (Å²) in [5, 5.41) is 0.387. The van der Waals surface area contributed by atoms with Crippen LogP contribution in [0.5, 0.6) is 0 Å². The molecule has 26 heavy (non-hydrogen) atoms. The monoisotopic (exact) mass is 406 g/mol. The number of hydrogen-bond donors (Lipinski definition) is 0. The molecule has 0 aromatic heterocycles. The van der Waals surface area contributed by atoms with Crippen LogP contribution in [0.25, 0.3) is 0 Å². The smallest absolute Gasteiger partial charge is 0.434 e. The average molecular weight is 407 g/mol. The van der Waals surface area contributed by atoms with Crippen molar-refractivity contribution in [3.05, 3.63) is 0 Å². The number of carbonyl (C=O) groups excluding carboxylic acids is 1. The Morgan fingerprint density at radius 2 is 0.962 bits per heavy atom. The van der Waals surface area contributed by atoms with Crippen molar-refractivity contribution in [2.75, 3.05) is 26.4 Å². The highest BCUT2D eigenvalue weighted by Crippen LogP contribution is 2.37. The quantitative estimate of drug-likeness (QED) is 0.254. The molecule has 0 aliphatic heterocycles. The van der Waals surface area contributed by atoms with E-state index in [0.29, 0.717) is 39.3 Å². The van der Waals surface area contributed by atoms with Gasteiger partial charge in [0, 0.05) is 26.1 Å². The fourth-order valence-corrected chi connectivity index (χ4v) is 3.73. The number of hydrogen-bond acceptors (Lipinski definition) is 5. The molecule has 0 atom stereocenters. The first-order chi connectivity index (χ1) is 11.6. The standard InChI is InChI=1S/C19H42O5Si2/c1-18(2,3)25(7,8)23-15-11-13-21-17(20)22-14-12-16-24-26(9,10)19(4,5)6/h11-16H2,1-10H3. The number of carbonyl (C=O) groups is 1. The van der Waals surface area contributed by atoms with Gasteiger partial charge in [-0.2, -0.15) is 0 Å². The second-order valence-electron chi connectivity index (χ2n) is 9.87. The van der Waals surface area contributed by atoms with Crippen LogP contribution >= 0.6 is 0 Å². The molecule has 0 aromatic rings. The van der Waals surface area contributed by atoms with Crippen LogP contribution in [0, 0.1) is 0 Å². The first-order valence-electron chi connectivity index (χ1n) is 9.68. The van der Waals surface area contributed by atoms with Gasteiger partial charge in [-0.15, -0.1) is 0 Å². The topological polar surface area (TPSA) is 54.0 Å². The summed E-state index contributed by atoms with van der Waals surface area (Å²) in [5.74, 6) is 0. The first-order valence-corrected chi connectivity index (χ1v) is 15.5. The van der Waals surface area contributed by atoms with Crippen LogP contribution in [0.2, 0.25) is 36.3 Å². The molecule has 0 amide bonds. The summed E-state index contributed by atoms with van der Waals surface area (Å²) in [6.45, 7) is 24.0. The molecule has 0 N–H and O–H groups in total. The first kappa shape index (κ1) is 25.6. The molecule has 0 fully saturated rings. The highest BCUT2D eigenvalue weighted by molar-refractivity contribution is 6.74. The summed E-state index contributed by atoms with van der Waals surface area (Å²) in [6, 6.07) is 0. The van der Waals surface area contributed by atoms with Gasteiger partial charge in [-0.1, -0.05) is 41.5 Å². The van der Waals surface area contributed by atoms with E-state index in [1.54, 1.807) is 0 Å². The fourth-order valence-electron chi connectivity index (χ4n) is 1.56. The zero-order chi connectivity index (χ0) is 20.6. The second kappa shape index (κ2) is 10.2. The Hall–Kier alpha value is -0.376. The molecule has 5 nitrogen and oxygen atoms in total. The summed E-state index contributed by atoms with van der Waals surface area (Å²) in [6.07, 6.45) is 0.774. The van der Waals surface area contributed by atoms with Gasteiger partial charge in [0.15, 0.2) is 16.6 Å². The van der Waals surface area contributed by atoms with Crippen molar-refractivity contribution in [2.45, 2.75) is 90.6 Å². The highest BCUT2D eigenvalue weighted by Gasteiger charge is 2.37. The zero-order valence-electron chi connectivity index (χ0n) is 18.8. The lowest BCUT2D eigenvalue weighted by Crippen LogP contribution is -2.41. The minimum atomic E-state index is -1.72.